The molecule has 2 fully saturated rings. The highest BCUT2D eigenvalue weighted by Crippen LogP contribution is 2.29. The summed E-state index contributed by atoms with van der Waals surface area (Å²) in [6.45, 7) is 6.80. The van der Waals surface area contributed by atoms with Gasteiger partial charge < -0.3 is 4.52 Å². The molecule has 152 valence electrons. The van der Waals surface area contributed by atoms with Crippen LogP contribution in [0.5, 0.6) is 0 Å². The van der Waals surface area contributed by atoms with Crippen LogP contribution in [0.2, 0.25) is 0 Å². The summed E-state index contributed by atoms with van der Waals surface area (Å²) in [5.41, 5.74) is 2.49. The normalized spacial score (nSPS) is 21.0. The number of likely N-dealkylation sites (tertiary alicyclic amines) is 2. The van der Waals surface area contributed by atoms with E-state index in [-0.39, 0.29) is 0 Å². The van der Waals surface area contributed by atoms with Gasteiger partial charge in [0.1, 0.15) is 0 Å². The van der Waals surface area contributed by atoms with Gasteiger partial charge in [-0.15, -0.1) is 11.3 Å². The monoisotopic (exact) mass is 408 g/mol. The molecule has 0 saturated carbocycles. The van der Waals surface area contributed by atoms with Crippen molar-refractivity contribution in [1.82, 2.24) is 19.9 Å². The van der Waals surface area contributed by atoms with Gasteiger partial charge in [0.25, 0.3) is 0 Å². The summed E-state index contributed by atoms with van der Waals surface area (Å²) in [4.78, 5) is 11.3. The Labute approximate surface area is 176 Å². The number of hydrogen-bond donors (Lipinski definition) is 0. The fourth-order valence-corrected chi connectivity index (χ4v) is 5.44. The highest BCUT2D eigenvalue weighted by Gasteiger charge is 2.26. The van der Waals surface area contributed by atoms with Crippen molar-refractivity contribution in [1.29, 1.82) is 0 Å². The molecule has 0 spiro atoms. The summed E-state index contributed by atoms with van der Waals surface area (Å²) in [7, 11) is 0. The number of thiophene rings is 1. The zero-order valence-electron chi connectivity index (χ0n) is 16.8. The molecule has 0 aliphatic carbocycles. The predicted molar refractivity (Wildman–Crippen MR) is 116 cm³/mol. The van der Waals surface area contributed by atoms with Crippen LogP contribution in [0, 0.1) is 0 Å². The van der Waals surface area contributed by atoms with E-state index in [9.17, 15) is 0 Å². The van der Waals surface area contributed by atoms with E-state index in [1.54, 1.807) is 0 Å². The quantitative estimate of drug-likeness (QED) is 0.588. The molecule has 0 bridgehead atoms. The molecule has 2 saturated heterocycles. The van der Waals surface area contributed by atoms with Gasteiger partial charge in [0.2, 0.25) is 11.7 Å². The van der Waals surface area contributed by atoms with E-state index in [4.69, 9.17) is 9.51 Å². The Morgan fingerprint density at radius 2 is 1.83 bits per heavy atom. The Hall–Kier alpha value is -2.02. The first-order valence-electron chi connectivity index (χ1n) is 10.7. The van der Waals surface area contributed by atoms with E-state index in [1.165, 1.54) is 42.8 Å². The molecule has 2 aliphatic rings. The molecule has 2 aliphatic heterocycles. The first-order chi connectivity index (χ1) is 14.3. The highest BCUT2D eigenvalue weighted by molar-refractivity contribution is 7.10. The molecular formula is C23H28N4OS. The zero-order chi connectivity index (χ0) is 19.5. The SMILES string of the molecule is c1ccc(-c2noc(C3CCCN(Cc4cc(CN5CCCC5)cs4)C3)n2)cc1. The van der Waals surface area contributed by atoms with Crippen LogP contribution in [-0.2, 0) is 13.1 Å². The first-order valence-corrected chi connectivity index (χ1v) is 11.6. The molecule has 5 nitrogen and oxygen atoms in total. The van der Waals surface area contributed by atoms with Crippen molar-refractivity contribution < 1.29 is 4.52 Å². The smallest absolute Gasteiger partial charge is 0.231 e. The highest BCUT2D eigenvalue weighted by atomic mass is 32.1. The van der Waals surface area contributed by atoms with Crippen molar-refractivity contribution in [2.75, 3.05) is 26.2 Å². The number of hydrogen-bond acceptors (Lipinski definition) is 6. The third-order valence-corrected chi connectivity index (χ3v) is 6.99. The lowest BCUT2D eigenvalue weighted by molar-refractivity contribution is 0.181. The van der Waals surface area contributed by atoms with Crippen LogP contribution in [-0.4, -0.2) is 46.1 Å². The molecule has 29 heavy (non-hydrogen) atoms. The maximum Gasteiger partial charge on any atom is 0.231 e. The largest absolute Gasteiger partial charge is 0.339 e. The number of nitrogens with zero attached hydrogens (tertiary/aromatic N) is 4. The van der Waals surface area contributed by atoms with E-state index in [0.29, 0.717) is 11.7 Å². The topological polar surface area (TPSA) is 45.4 Å². The molecule has 1 unspecified atom stereocenters. The minimum Gasteiger partial charge on any atom is -0.339 e. The van der Waals surface area contributed by atoms with Gasteiger partial charge in [0.15, 0.2) is 0 Å². The molecule has 5 rings (SSSR count). The van der Waals surface area contributed by atoms with Crippen molar-refractivity contribution in [2.45, 2.75) is 44.7 Å². The van der Waals surface area contributed by atoms with Gasteiger partial charge in [-0.05, 0) is 62.3 Å². The summed E-state index contributed by atoms with van der Waals surface area (Å²) in [6, 6.07) is 12.5. The lowest BCUT2D eigenvalue weighted by atomic mass is 9.98. The van der Waals surface area contributed by atoms with Crippen LogP contribution < -0.4 is 0 Å². The lowest BCUT2D eigenvalue weighted by Crippen LogP contribution is -2.33. The molecule has 0 amide bonds. The second kappa shape index (κ2) is 8.78. The Bertz CT molecular complexity index is 916. The molecule has 0 radical (unpaired) electrons. The minimum atomic E-state index is 0.331. The Balaban J connectivity index is 1.20. The molecule has 2 aromatic heterocycles. The average molecular weight is 409 g/mol. The van der Waals surface area contributed by atoms with E-state index < -0.39 is 0 Å². The third kappa shape index (κ3) is 4.60. The molecule has 3 aromatic rings. The van der Waals surface area contributed by atoms with Crippen LogP contribution in [0.3, 0.4) is 0 Å². The minimum absolute atomic E-state index is 0.331. The summed E-state index contributed by atoms with van der Waals surface area (Å²) in [6.07, 6.45) is 5.01. The van der Waals surface area contributed by atoms with Crippen molar-refractivity contribution >= 4 is 11.3 Å². The van der Waals surface area contributed by atoms with Gasteiger partial charge in [-0.1, -0.05) is 35.5 Å². The summed E-state index contributed by atoms with van der Waals surface area (Å²) >= 11 is 1.91. The predicted octanol–water partition coefficient (Wildman–Crippen LogP) is 4.77. The summed E-state index contributed by atoms with van der Waals surface area (Å²) in [5, 5.41) is 6.56. The Kier molecular flexibility index (Phi) is 5.74. The molecule has 1 atom stereocenters. The number of benzene rings is 1. The molecule has 6 heteroatoms. The standard InChI is InChI=1S/C23H28N4OS/c1-2-7-19(8-3-1)22-24-23(28-25-22)20-9-6-12-27(15-20)16-21-13-18(17-29-21)14-26-10-4-5-11-26/h1-3,7-8,13,17,20H,4-6,9-12,14-16H2. The maximum absolute atomic E-state index is 5.64. The van der Waals surface area contributed by atoms with E-state index in [1.807, 2.05) is 41.7 Å². The number of rotatable bonds is 6. The Morgan fingerprint density at radius 3 is 2.69 bits per heavy atom. The van der Waals surface area contributed by atoms with E-state index >= 15 is 0 Å². The maximum atomic E-state index is 5.64. The van der Waals surface area contributed by atoms with Crippen molar-refractivity contribution in [3.8, 4) is 11.4 Å². The van der Waals surface area contributed by atoms with Gasteiger partial charge in [0.05, 0.1) is 5.92 Å². The van der Waals surface area contributed by atoms with Crippen LogP contribution in [0.1, 0.15) is 47.9 Å². The van der Waals surface area contributed by atoms with Crippen LogP contribution >= 0.6 is 11.3 Å². The third-order valence-electron chi connectivity index (χ3n) is 6.02. The summed E-state index contributed by atoms with van der Waals surface area (Å²) < 4.78 is 5.64. The van der Waals surface area contributed by atoms with Crippen LogP contribution in [0.25, 0.3) is 11.4 Å². The molecular weight excluding hydrogens is 380 g/mol. The van der Waals surface area contributed by atoms with Crippen LogP contribution in [0.4, 0.5) is 0 Å². The average Bonchev–Trinajstić information content (AvgIpc) is 3.52. The van der Waals surface area contributed by atoms with E-state index in [0.717, 1.165) is 44.1 Å². The van der Waals surface area contributed by atoms with Gasteiger partial charge in [0, 0.05) is 30.1 Å². The second-order valence-corrected chi connectivity index (χ2v) is 9.30. The van der Waals surface area contributed by atoms with Crippen molar-refractivity contribution in [3.05, 3.63) is 58.1 Å². The first kappa shape index (κ1) is 19.0. The fourth-order valence-electron chi connectivity index (χ4n) is 4.52. The van der Waals surface area contributed by atoms with Crippen LogP contribution in [0.15, 0.2) is 46.3 Å². The zero-order valence-corrected chi connectivity index (χ0v) is 17.6. The van der Waals surface area contributed by atoms with Crippen molar-refractivity contribution in [3.63, 3.8) is 0 Å². The van der Waals surface area contributed by atoms with E-state index in [2.05, 4.69) is 26.4 Å². The molecule has 0 N–H and O–H groups in total. The van der Waals surface area contributed by atoms with Crippen molar-refractivity contribution in [2.24, 2.45) is 0 Å². The van der Waals surface area contributed by atoms with Gasteiger partial charge in [-0.3, -0.25) is 9.80 Å². The number of piperidine rings is 1. The van der Waals surface area contributed by atoms with Gasteiger partial charge in [-0.25, -0.2) is 0 Å². The second-order valence-electron chi connectivity index (χ2n) is 8.30. The summed E-state index contributed by atoms with van der Waals surface area (Å²) in [5.74, 6) is 1.81. The lowest BCUT2D eigenvalue weighted by Gasteiger charge is -2.30. The fraction of sp³-hybridized carbons (Fsp3) is 0.478. The molecule has 4 heterocycles. The van der Waals surface area contributed by atoms with Gasteiger partial charge >= 0.3 is 0 Å². The Morgan fingerprint density at radius 1 is 1.00 bits per heavy atom. The number of aromatic nitrogens is 2. The molecule has 1 aromatic carbocycles. The van der Waals surface area contributed by atoms with Gasteiger partial charge in [-0.2, -0.15) is 4.98 Å².